The number of carbonyl (C=O) groups excluding carboxylic acids is 1. The number of ether oxygens (including phenoxy) is 1. The van der Waals surface area contributed by atoms with Crippen molar-refractivity contribution in [1.82, 2.24) is 4.90 Å². The van der Waals surface area contributed by atoms with E-state index >= 15 is 0 Å². The zero-order valence-corrected chi connectivity index (χ0v) is 12.1. The minimum Gasteiger partial charge on any atom is -0.444 e. The van der Waals surface area contributed by atoms with Crippen molar-refractivity contribution in [3.63, 3.8) is 0 Å². The minimum atomic E-state index is -0.492. The largest absolute Gasteiger partial charge is 0.444 e. The zero-order chi connectivity index (χ0) is 14.8. The highest BCUT2D eigenvalue weighted by Crippen LogP contribution is 2.20. The van der Waals surface area contributed by atoms with E-state index in [0.29, 0.717) is 18.8 Å². The van der Waals surface area contributed by atoms with Crippen LogP contribution in [-0.2, 0) is 4.74 Å². The van der Waals surface area contributed by atoms with Gasteiger partial charge < -0.3 is 15.0 Å². The Morgan fingerprint density at radius 2 is 2.10 bits per heavy atom. The van der Waals surface area contributed by atoms with Crippen molar-refractivity contribution >= 4 is 11.8 Å². The van der Waals surface area contributed by atoms with Crippen molar-refractivity contribution in [3.05, 3.63) is 30.1 Å². The first-order valence-electron chi connectivity index (χ1n) is 6.84. The van der Waals surface area contributed by atoms with Crippen LogP contribution in [0.3, 0.4) is 0 Å². The van der Waals surface area contributed by atoms with E-state index in [4.69, 9.17) is 4.74 Å². The van der Waals surface area contributed by atoms with Crippen LogP contribution in [0, 0.1) is 5.82 Å². The van der Waals surface area contributed by atoms with Crippen molar-refractivity contribution in [2.75, 3.05) is 18.4 Å². The molecule has 1 saturated heterocycles. The van der Waals surface area contributed by atoms with Crippen LogP contribution >= 0.6 is 0 Å². The third kappa shape index (κ3) is 3.85. The predicted octanol–water partition coefficient (Wildman–Crippen LogP) is 3.25. The first-order chi connectivity index (χ1) is 9.35. The number of benzene rings is 1. The number of hydrogen-bond acceptors (Lipinski definition) is 3. The SMILES string of the molecule is CC(C)(C)OC(=O)N1CC[C@H](Nc2ccccc2F)C1. The fourth-order valence-electron chi connectivity index (χ4n) is 2.17. The maximum Gasteiger partial charge on any atom is 0.410 e. The number of rotatable bonds is 2. The summed E-state index contributed by atoms with van der Waals surface area (Å²) >= 11 is 0. The smallest absolute Gasteiger partial charge is 0.410 e. The molecule has 1 aromatic rings. The van der Waals surface area contributed by atoms with Crippen LogP contribution in [0.2, 0.25) is 0 Å². The molecule has 1 aliphatic rings. The number of carbonyl (C=O) groups is 1. The van der Waals surface area contributed by atoms with Crippen molar-refractivity contribution in [2.45, 2.75) is 38.8 Å². The average Bonchev–Trinajstić information content (AvgIpc) is 2.79. The van der Waals surface area contributed by atoms with Crippen molar-refractivity contribution in [3.8, 4) is 0 Å². The molecule has 1 heterocycles. The Morgan fingerprint density at radius 1 is 1.40 bits per heavy atom. The molecule has 110 valence electrons. The number of anilines is 1. The molecule has 0 spiro atoms. The molecule has 5 heteroatoms. The Labute approximate surface area is 118 Å². The van der Waals surface area contributed by atoms with Crippen molar-refractivity contribution in [1.29, 1.82) is 0 Å². The number of nitrogens with zero attached hydrogens (tertiary/aromatic N) is 1. The molecule has 1 amide bonds. The Bertz CT molecular complexity index is 485. The molecule has 1 atom stereocenters. The van der Waals surface area contributed by atoms with Crippen molar-refractivity contribution in [2.24, 2.45) is 0 Å². The highest BCUT2D eigenvalue weighted by molar-refractivity contribution is 5.68. The molecule has 20 heavy (non-hydrogen) atoms. The van der Waals surface area contributed by atoms with Crippen LogP contribution in [0.4, 0.5) is 14.9 Å². The molecule has 0 aromatic heterocycles. The molecule has 0 unspecified atom stereocenters. The van der Waals surface area contributed by atoms with Crippen LogP contribution in [0.15, 0.2) is 24.3 Å². The first-order valence-corrected chi connectivity index (χ1v) is 6.84. The molecular formula is C15H21FN2O2. The highest BCUT2D eigenvalue weighted by atomic mass is 19.1. The van der Waals surface area contributed by atoms with E-state index in [0.717, 1.165) is 6.42 Å². The van der Waals surface area contributed by atoms with E-state index in [1.54, 1.807) is 23.1 Å². The van der Waals surface area contributed by atoms with Gasteiger partial charge >= 0.3 is 6.09 Å². The molecule has 2 rings (SSSR count). The Kier molecular flexibility index (Phi) is 4.16. The topological polar surface area (TPSA) is 41.6 Å². The lowest BCUT2D eigenvalue weighted by atomic mass is 10.2. The highest BCUT2D eigenvalue weighted by Gasteiger charge is 2.29. The maximum absolute atomic E-state index is 13.6. The second-order valence-corrected chi connectivity index (χ2v) is 6.04. The minimum absolute atomic E-state index is 0.0550. The van der Waals surface area contributed by atoms with Crippen LogP contribution in [0.25, 0.3) is 0 Å². The zero-order valence-electron chi connectivity index (χ0n) is 12.1. The van der Waals surface area contributed by atoms with Gasteiger partial charge in [-0.3, -0.25) is 0 Å². The molecule has 1 aliphatic heterocycles. The van der Waals surface area contributed by atoms with Gasteiger partial charge in [0, 0.05) is 19.1 Å². The summed E-state index contributed by atoms with van der Waals surface area (Å²) in [5.74, 6) is -0.275. The molecule has 0 bridgehead atoms. The fourth-order valence-corrected chi connectivity index (χ4v) is 2.17. The monoisotopic (exact) mass is 280 g/mol. The Hall–Kier alpha value is -1.78. The summed E-state index contributed by atoms with van der Waals surface area (Å²) in [7, 11) is 0. The van der Waals surface area contributed by atoms with Gasteiger partial charge in [-0.2, -0.15) is 0 Å². The normalized spacial score (nSPS) is 19.0. The number of nitrogens with one attached hydrogen (secondary N) is 1. The van der Waals surface area contributed by atoms with E-state index in [1.165, 1.54) is 6.07 Å². The first kappa shape index (κ1) is 14.6. The van der Waals surface area contributed by atoms with E-state index in [9.17, 15) is 9.18 Å². The van der Waals surface area contributed by atoms with Gasteiger partial charge in [0.15, 0.2) is 0 Å². The number of amides is 1. The molecule has 0 radical (unpaired) electrons. The molecule has 4 nitrogen and oxygen atoms in total. The van der Waals surface area contributed by atoms with Gasteiger partial charge in [-0.15, -0.1) is 0 Å². The summed E-state index contributed by atoms with van der Waals surface area (Å²) in [6.07, 6.45) is 0.475. The van der Waals surface area contributed by atoms with Gasteiger partial charge in [0.25, 0.3) is 0 Å². The summed E-state index contributed by atoms with van der Waals surface area (Å²) < 4.78 is 18.9. The molecule has 0 saturated carbocycles. The third-order valence-electron chi connectivity index (χ3n) is 3.07. The fraction of sp³-hybridized carbons (Fsp3) is 0.533. The lowest BCUT2D eigenvalue weighted by Gasteiger charge is -2.24. The van der Waals surface area contributed by atoms with Crippen LogP contribution < -0.4 is 5.32 Å². The standard InChI is InChI=1S/C15H21FN2O2/c1-15(2,3)20-14(19)18-9-8-11(10-18)17-13-7-5-4-6-12(13)16/h4-7,11,17H,8-10H2,1-3H3/t11-/m0/s1. The lowest BCUT2D eigenvalue weighted by Crippen LogP contribution is -2.36. The Morgan fingerprint density at radius 3 is 2.75 bits per heavy atom. The second kappa shape index (κ2) is 5.69. The van der Waals surface area contributed by atoms with Gasteiger partial charge in [-0.05, 0) is 39.3 Å². The quantitative estimate of drug-likeness (QED) is 0.904. The van der Waals surface area contributed by atoms with E-state index in [2.05, 4.69) is 5.32 Å². The predicted molar refractivity (Wildman–Crippen MR) is 76.2 cm³/mol. The van der Waals surface area contributed by atoms with Crippen molar-refractivity contribution < 1.29 is 13.9 Å². The molecule has 1 aromatic carbocycles. The van der Waals surface area contributed by atoms with E-state index in [1.807, 2.05) is 20.8 Å². The molecular weight excluding hydrogens is 259 g/mol. The van der Waals surface area contributed by atoms with Gasteiger partial charge in [0.1, 0.15) is 11.4 Å². The number of likely N-dealkylation sites (tertiary alicyclic amines) is 1. The van der Waals surface area contributed by atoms with Gasteiger partial charge in [-0.25, -0.2) is 9.18 Å². The van der Waals surface area contributed by atoms with Gasteiger partial charge in [0.05, 0.1) is 5.69 Å². The van der Waals surface area contributed by atoms with Gasteiger partial charge in [-0.1, -0.05) is 12.1 Å². The van der Waals surface area contributed by atoms with Crippen LogP contribution in [0.1, 0.15) is 27.2 Å². The van der Waals surface area contributed by atoms with E-state index < -0.39 is 5.60 Å². The number of para-hydroxylation sites is 1. The average molecular weight is 280 g/mol. The number of hydrogen-bond donors (Lipinski definition) is 1. The molecule has 0 aliphatic carbocycles. The lowest BCUT2D eigenvalue weighted by molar-refractivity contribution is 0.0293. The summed E-state index contributed by atoms with van der Waals surface area (Å²) in [5.41, 5.74) is -0.0164. The summed E-state index contributed by atoms with van der Waals surface area (Å²) in [5, 5.41) is 3.13. The summed E-state index contributed by atoms with van der Waals surface area (Å²) in [4.78, 5) is 13.6. The molecule has 1 N–H and O–H groups in total. The molecule has 1 fully saturated rings. The third-order valence-corrected chi connectivity index (χ3v) is 3.07. The Balaban J connectivity index is 1.90. The number of halogens is 1. The maximum atomic E-state index is 13.6. The van der Waals surface area contributed by atoms with Gasteiger partial charge in [0.2, 0.25) is 0 Å². The summed E-state index contributed by atoms with van der Waals surface area (Å²) in [6, 6.07) is 6.61. The second-order valence-electron chi connectivity index (χ2n) is 6.04. The van der Waals surface area contributed by atoms with Crippen LogP contribution in [-0.4, -0.2) is 35.7 Å². The van der Waals surface area contributed by atoms with E-state index in [-0.39, 0.29) is 18.0 Å². The van der Waals surface area contributed by atoms with Crippen LogP contribution in [0.5, 0.6) is 0 Å². The summed E-state index contributed by atoms with van der Waals surface area (Å²) in [6.45, 7) is 6.69.